The van der Waals surface area contributed by atoms with Gasteiger partial charge < -0.3 is 10.5 Å². The lowest BCUT2D eigenvalue weighted by Gasteiger charge is -2.06. The summed E-state index contributed by atoms with van der Waals surface area (Å²) in [5, 5.41) is 7.03. The van der Waals surface area contributed by atoms with E-state index < -0.39 is 0 Å². The zero-order valence-corrected chi connectivity index (χ0v) is 10.4. The number of benzene rings is 1. The summed E-state index contributed by atoms with van der Waals surface area (Å²) in [5.41, 5.74) is 5.21. The van der Waals surface area contributed by atoms with Crippen LogP contribution in [0, 0.1) is 11.2 Å². The molecule has 1 aromatic rings. The van der Waals surface area contributed by atoms with Crippen molar-refractivity contribution in [3.8, 4) is 5.75 Å². The average molecular weight is 289 g/mol. The van der Waals surface area contributed by atoms with Crippen LogP contribution < -0.4 is 10.5 Å². The molecule has 1 aromatic carbocycles. The maximum absolute atomic E-state index is 13.1. The van der Waals surface area contributed by atoms with E-state index in [1.165, 1.54) is 6.07 Å². The van der Waals surface area contributed by atoms with Gasteiger partial charge >= 0.3 is 0 Å². The summed E-state index contributed by atoms with van der Waals surface area (Å²) in [6.07, 6.45) is 2.20. The highest BCUT2D eigenvalue weighted by Gasteiger charge is 2.01. The SMILES string of the molecule is N=C(N)CCCCOc1ccc(Br)c(F)c1. The van der Waals surface area contributed by atoms with Gasteiger partial charge in [0.1, 0.15) is 11.6 Å². The van der Waals surface area contributed by atoms with Gasteiger partial charge in [0.2, 0.25) is 0 Å². The van der Waals surface area contributed by atoms with Crippen molar-refractivity contribution in [1.29, 1.82) is 5.41 Å². The van der Waals surface area contributed by atoms with Crippen LogP contribution in [0.15, 0.2) is 22.7 Å². The predicted molar refractivity (Wildman–Crippen MR) is 65.4 cm³/mol. The number of unbranched alkanes of at least 4 members (excludes halogenated alkanes) is 1. The molecule has 88 valence electrons. The molecule has 0 aliphatic rings. The first-order valence-electron chi connectivity index (χ1n) is 5.00. The van der Waals surface area contributed by atoms with Crippen molar-refractivity contribution >= 4 is 21.8 Å². The minimum absolute atomic E-state index is 0.190. The molecule has 0 spiro atoms. The second-order valence-electron chi connectivity index (χ2n) is 3.41. The third-order valence-electron chi connectivity index (χ3n) is 2.00. The third-order valence-corrected chi connectivity index (χ3v) is 2.64. The third kappa shape index (κ3) is 4.61. The summed E-state index contributed by atoms with van der Waals surface area (Å²) in [6.45, 7) is 0.508. The maximum atomic E-state index is 13.1. The van der Waals surface area contributed by atoms with E-state index in [4.69, 9.17) is 15.9 Å². The number of hydrogen-bond acceptors (Lipinski definition) is 2. The van der Waals surface area contributed by atoms with E-state index in [-0.39, 0.29) is 11.7 Å². The van der Waals surface area contributed by atoms with Crippen molar-refractivity contribution in [2.75, 3.05) is 6.61 Å². The smallest absolute Gasteiger partial charge is 0.141 e. The Morgan fingerprint density at radius 2 is 2.19 bits per heavy atom. The van der Waals surface area contributed by atoms with Gasteiger partial charge in [0.25, 0.3) is 0 Å². The maximum Gasteiger partial charge on any atom is 0.141 e. The number of hydrogen-bond donors (Lipinski definition) is 2. The largest absolute Gasteiger partial charge is 0.493 e. The normalized spacial score (nSPS) is 10.1. The Bertz CT molecular complexity index is 371. The summed E-state index contributed by atoms with van der Waals surface area (Å²) < 4.78 is 18.9. The summed E-state index contributed by atoms with van der Waals surface area (Å²) in [6, 6.07) is 4.66. The van der Waals surface area contributed by atoms with Gasteiger partial charge in [-0.25, -0.2) is 4.39 Å². The number of rotatable bonds is 6. The highest BCUT2D eigenvalue weighted by molar-refractivity contribution is 9.10. The Morgan fingerprint density at radius 3 is 2.81 bits per heavy atom. The number of halogens is 2. The first-order valence-corrected chi connectivity index (χ1v) is 5.79. The molecular weight excluding hydrogens is 275 g/mol. The molecule has 0 fully saturated rings. The number of ether oxygens (including phenoxy) is 1. The molecule has 0 saturated carbocycles. The number of nitrogens with two attached hydrogens (primary N) is 1. The van der Waals surface area contributed by atoms with Crippen molar-refractivity contribution < 1.29 is 9.13 Å². The van der Waals surface area contributed by atoms with E-state index in [0.29, 0.717) is 23.2 Å². The van der Waals surface area contributed by atoms with Crippen LogP contribution >= 0.6 is 15.9 Å². The molecule has 0 aromatic heterocycles. The van der Waals surface area contributed by atoms with E-state index in [1.54, 1.807) is 12.1 Å². The molecule has 0 aliphatic carbocycles. The van der Waals surface area contributed by atoms with Gasteiger partial charge in [-0.1, -0.05) is 0 Å². The molecule has 3 nitrogen and oxygen atoms in total. The van der Waals surface area contributed by atoms with Gasteiger partial charge in [-0.15, -0.1) is 0 Å². The van der Waals surface area contributed by atoms with Crippen LogP contribution in [0.25, 0.3) is 0 Å². The molecule has 5 heteroatoms. The second kappa shape index (κ2) is 6.48. The quantitative estimate of drug-likeness (QED) is 0.480. The van der Waals surface area contributed by atoms with Gasteiger partial charge in [-0.2, -0.15) is 0 Å². The fourth-order valence-corrected chi connectivity index (χ4v) is 1.42. The Labute approximate surface area is 102 Å². The van der Waals surface area contributed by atoms with E-state index in [9.17, 15) is 4.39 Å². The van der Waals surface area contributed by atoms with E-state index >= 15 is 0 Å². The fraction of sp³-hybridized carbons (Fsp3) is 0.364. The second-order valence-corrected chi connectivity index (χ2v) is 4.26. The minimum atomic E-state index is -0.332. The summed E-state index contributed by atoms with van der Waals surface area (Å²) >= 11 is 3.07. The average Bonchev–Trinajstić information content (AvgIpc) is 2.22. The highest BCUT2D eigenvalue weighted by Crippen LogP contribution is 2.20. The molecule has 0 bridgehead atoms. The molecule has 0 atom stereocenters. The molecule has 0 amide bonds. The molecule has 0 heterocycles. The van der Waals surface area contributed by atoms with Crippen LogP contribution in [0.4, 0.5) is 4.39 Å². The van der Waals surface area contributed by atoms with E-state index in [1.807, 2.05) is 0 Å². The molecule has 1 rings (SSSR count). The zero-order chi connectivity index (χ0) is 12.0. The lowest BCUT2D eigenvalue weighted by atomic mass is 10.2. The monoisotopic (exact) mass is 288 g/mol. The lowest BCUT2D eigenvalue weighted by molar-refractivity contribution is 0.306. The molecule has 16 heavy (non-hydrogen) atoms. The molecular formula is C11H14BrFN2O. The van der Waals surface area contributed by atoms with Crippen molar-refractivity contribution in [3.63, 3.8) is 0 Å². The fourth-order valence-electron chi connectivity index (χ4n) is 1.17. The molecule has 0 unspecified atom stereocenters. The first-order chi connectivity index (χ1) is 7.59. The summed E-state index contributed by atoms with van der Waals surface area (Å²) in [5.74, 6) is 0.374. The van der Waals surface area contributed by atoms with Crippen LogP contribution in [0.1, 0.15) is 19.3 Å². The van der Waals surface area contributed by atoms with Crippen LogP contribution in [0.2, 0.25) is 0 Å². The Morgan fingerprint density at radius 1 is 1.44 bits per heavy atom. The van der Waals surface area contributed by atoms with Gasteiger partial charge in [0, 0.05) is 12.5 Å². The highest BCUT2D eigenvalue weighted by atomic mass is 79.9. The minimum Gasteiger partial charge on any atom is -0.493 e. The van der Waals surface area contributed by atoms with Crippen molar-refractivity contribution in [1.82, 2.24) is 0 Å². The summed E-state index contributed by atoms with van der Waals surface area (Å²) in [4.78, 5) is 0. The topological polar surface area (TPSA) is 59.1 Å². The van der Waals surface area contributed by atoms with Crippen LogP contribution in [0.5, 0.6) is 5.75 Å². The number of nitrogens with one attached hydrogen (secondary N) is 1. The predicted octanol–water partition coefficient (Wildman–Crippen LogP) is 3.07. The standard InChI is InChI=1S/C11H14BrFN2O/c12-9-5-4-8(7-10(9)13)16-6-2-1-3-11(14)15/h4-5,7H,1-3,6H2,(H3,14,15). The molecule has 3 N–H and O–H groups in total. The van der Waals surface area contributed by atoms with Crippen molar-refractivity contribution in [2.45, 2.75) is 19.3 Å². The summed E-state index contributed by atoms with van der Waals surface area (Å²) in [7, 11) is 0. The molecule has 0 radical (unpaired) electrons. The van der Waals surface area contributed by atoms with Crippen molar-refractivity contribution in [3.05, 3.63) is 28.5 Å². The van der Waals surface area contributed by atoms with Crippen LogP contribution in [-0.4, -0.2) is 12.4 Å². The van der Waals surface area contributed by atoms with E-state index in [2.05, 4.69) is 15.9 Å². The van der Waals surface area contributed by atoms with Gasteiger partial charge in [0.15, 0.2) is 0 Å². The number of amidine groups is 1. The van der Waals surface area contributed by atoms with Gasteiger partial charge in [-0.05, 0) is 40.9 Å². The van der Waals surface area contributed by atoms with Crippen LogP contribution in [0.3, 0.4) is 0 Å². The Kier molecular flexibility index (Phi) is 5.25. The van der Waals surface area contributed by atoms with E-state index in [0.717, 1.165) is 12.8 Å². The van der Waals surface area contributed by atoms with Crippen molar-refractivity contribution in [2.24, 2.45) is 5.73 Å². The Hall–Kier alpha value is -1.10. The molecule has 0 aliphatic heterocycles. The molecule has 0 saturated heterocycles. The van der Waals surface area contributed by atoms with Gasteiger partial charge in [0.05, 0.1) is 16.9 Å². The van der Waals surface area contributed by atoms with Crippen LogP contribution in [-0.2, 0) is 0 Å². The zero-order valence-electron chi connectivity index (χ0n) is 8.80. The van der Waals surface area contributed by atoms with Gasteiger partial charge in [-0.3, -0.25) is 5.41 Å². The first kappa shape index (κ1) is 13.0. The Balaban J connectivity index is 2.27. The lowest BCUT2D eigenvalue weighted by Crippen LogP contribution is -2.09.